The van der Waals surface area contributed by atoms with E-state index >= 15 is 0 Å². The smallest absolute Gasteiger partial charge is 0.300 e. The van der Waals surface area contributed by atoms with Gasteiger partial charge in [0.05, 0.1) is 10.9 Å². The molecule has 5 rings (SSSR count). The molecular weight excluding hydrogens is 368 g/mol. The summed E-state index contributed by atoms with van der Waals surface area (Å²) in [6, 6.07) is 6.68. The van der Waals surface area contributed by atoms with Gasteiger partial charge in [0.2, 0.25) is 5.78 Å². The van der Waals surface area contributed by atoms with Gasteiger partial charge in [0.15, 0.2) is 5.75 Å². The summed E-state index contributed by atoms with van der Waals surface area (Å²) in [5, 5.41) is 0.569. The standard InChI is InChI=1S/C18H12N4O4S/c1-21-14-9(5-3-7-19-14)11-12(16(21)24)27-18(26-11)13(23)10-6-4-8-20-15(10)22(2)17(18)25/h3-8H,1-2H3. The number of ketones is 1. The van der Waals surface area contributed by atoms with Crippen LogP contribution in [0.15, 0.2) is 46.3 Å². The van der Waals surface area contributed by atoms with Gasteiger partial charge in [-0.3, -0.25) is 23.9 Å². The van der Waals surface area contributed by atoms with E-state index in [1.807, 2.05) is 0 Å². The third-order valence-electron chi connectivity index (χ3n) is 4.78. The van der Waals surface area contributed by atoms with E-state index in [0.29, 0.717) is 11.0 Å². The van der Waals surface area contributed by atoms with Crippen LogP contribution in [0.25, 0.3) is 11.0 Å². The van der Waals surface area contributed by atoms with E-state index in [1.165, 1.54) is 22.7 Å². The highest BCUT2D eigenvalue weighted by atomic mass is 32.2. The lowest BCUT2D eigenvalue weighted by Crippen LogP contribution is -2.57. The molecule has 2 aliphatic rings. The predicted molar refractivity (Wildman–Crippen MR) is 98.2 cm³/mol. The predicted octanol–water partition coefficient (Wildman–Crippen LogP) is 1.37. The first-order valence-corrected chi connectivity index (χ1v) is 8.91. The van der Waals surface area contributed by atoms with Gasteiger partial charge >= 0.3 is 4.93 Å². The van der Waals surface area contributed by atoms with Crippen LogP contribution in [0.2, 0.25) is 0 Å². The quantitative estimate of drug-likeness (QED) is 0.544. The number of carbonyl (C=O) groups is 2. The van der Waals surface area contributed by atoms with Gasteiger partial charge < -0.3 is 4.74 Å². The maximum Gasteiger partial charge on any atom is 0.300 e. The Kier molecular flexibility index (Phi) is 3.06. The molecule has 1 spiro atoms. The van der Waals surface area contributed by atoms with Crippen molar-refractivity contribution < 1.29 is 14.3 Å². The first-order valence-electron chi connectivity index (χ1n) is 8.09. The lowest BCUT2D eigenvalue weighted by molar-refractivity contribution is -0.124. The Morgan fingerprint density at radius 2 is 1.81 bits per heavy atom. The number of aryl methyl sites for hydroxylation is 1. The van der Waals surface area contributed by atoms with Crippen LogP contribution in [0.1, 0.15) is 10.4 Å². The molecule has 1 unspecified atom stereocenters. The number of nitrogens with zero attached hydrogens (tertiary/aromatic N) is 4. The Bertz CT molecular complexity index is 1240. The van der Waals surface area contributed by atoms with Gasteiger partial charge in [-0.1, -0.05) is 11.8 Å². The fraction of sp³-hybridized carbons (Fsp3) is 0.167. The molecule has 0 aromatic carbocycles. The largest absolute Gasteiger partial charge is 0.457 e. The van der Waals surface area contributed by atoms with Crippen LogP contribution in [0, 0.1) is 0 Å². The number of amides is 1. The zero-order valence-electron chi connectivity index (χ0n) is 14.3. The lowest BCUT2D eigenvalue weighted by atomic mass is 10.0. The third kappa shape index (κ3) is 1.86. The molecular formula is C18H12N4O4S. The van der Waals surface area contributed by atoms with Gasteiger partial charge in [0, 0.05) is 26.5 Å². The van der Waals surface area contributed by atoms with Crippen molar-refractivity contribution in [1.82, 2.24) is 14.5 Å². The molecule has 5 heterocycles. The van der Waals surface area contributed by atoms with Crippen LogP contribution in [0.3, 0.4) is 0 Å². The van der Waals surface area contributed by atoms with Crippen molar-refractivity contribution in [3.63, 3.8) is 0 Å². The number of likely N-dealkylation sites (N-methyl/N-ethyl adjacent to an activating group) is 1. The molecule has 8 nitrogen and oxygen atoms in total. The number of Topliss-reactive ketones (excluding diaryl/α,β-unsaturated/α-hetero) is 1. The lowest BCUT2D eigenvalue weighted by Gasteiger charge is -2.34. The molecule has 0 N–H and O–H groups in total. The van der Waals surface area contributed by atoms with E-state index in [2.05, 4.69) is 9.97 Å². The van der Waals surface area contributed by atoms with Crippen LogP contribution in [-0.4, -0.2) is 38.2 Å². The minimum atomic E-state index is -1.87. The third-order valence-corrected chi connectivity index (χ3v) is 6.07. The number of anilines is 1. The number of pyridine rings is 3. The Balaban J connectivity index is 1.78. The molecule has 0 fully saturated rings. The molecule has 0 radical (unpaired) electrons. The van der Waals surface area contributed by atoms with Gasteiger partial charge in [-0.05, 0) is 24.3 Å². The van der Waals surface area contributed by atoms with Gasteiger partial charge in [0.25, 0.3) is 11.5 Å². The maximum absolute atomic E-state index is 13.2. The van der Waals surface area contributed by atoms with Gasteiger partial charge in [0.1, 0.15) is 16.4 Å². The second-order valence-electron chi connectivity index (χ2n) is 6.29. The van der Waals surface area contributed by atoms with Crippen LogP contribution < -0.4 is 15.2 Å². The Hall–Kier alpha value is -3.20. The van der Waals surface area contributed by atoms with Crippen molar-refractivity contribution in [2.75, 3.05) is 11.9 Å². The average Bonchev–Trinajstić information content (AvgIpc) is 3.11. The number of thioether (sulfide) groups is 1. The molecule has 3 aromatic heterocycles. The van der Waals surface area contributed by atoms with E-state index < -0.39 is 16.6 Å². The normalized spacial score (nSPS) is 20.7. The monoisotopic (exact) mass is 380 g/mol. The first kappa shape index (κ1) is 16.0. The number of ether oxygens (including phenoxy) is 1. The Morgan fingerprint density at radius 3 is 2.63 bits per heavy atom. The van der Waals surface area contributed by atoms with Gasteiger partial charge in [-0.2, -0.15) is 0 Å². The number of fused-ring (bicyclic) bond motifs is 4. The van der Waals surface area contributed by atoms with Gasteiger partial charge in [-0.25, -0.2) is 9.97 Å². The number of hydrogen-bond donors (Lipinski definition) is 0. The van der Waals surface area contributed by atoms with E-state index in [4.69, 9.17) is 4.74 Å². The van der Waals surface area contributed by atoms with E-state index in [1.54, 1.807) is 37.5 Å². The molecule has 0 saturated carbocycles. The van der Waals surface area contributed by atoms with Crippen molar-refractivity contribution in [2.45, 2.75) is 9.83 Å². The Labute approximate surface area is 156 Å². The topological polar surface area (TPSA) is 94.4 Å². The van der Waals surface area contributed by atoms with E-state index in [0.717, 1.165) is 11.8 Å². The summed E-state index contributed by atoms with van der Waals surface area (Å²) < 4.78 is 7.37. The molecule has 27 heavy (non-hydrogen) atoms. The highest BCUT2D eigenvalue weighted by Crippen LogP contribution is 2.52. The number of aromatic nitrogens is 3. The second kappa shape index (κ2) is 5.17. The summed E-state index contributed by atoms with van der Waals surface area (Å²) in [6.07, 6.45) is 3.08. The molecule has 134 valence electrons. The fourth-order valence-corrected chi connectivity index (χ4v) is 4.73. The maximum atomic E-state index is 13.2. The summed E-state index contributed by atoms with van der Waals surface area (Å²) in [6.45, 7) is 0. The van der Waals surface area contributed by atoms with Crippen molar-refractivity contribution in [3.8, 4) is 5.75 Å². The minimum Gasteiger partial charge on any atom is -0.457 e. The number of rotatable bonds is 0. The molecule has 0 aliphatic carbocycles. The SMILES string of the molecule is CN1C(=O)C2(Oc3c(c(=O)n(C)c4ncccc34)S2)C(=O)c2cccnc21. The molecule has 3 aromatic rings. The molecule has 0 saturated heterocycles. The zero-order chi connectivity index (χ0) is 18.9. The van der Waals surface area contributed by atoms with Gasteiger partial charge in [-0.15, -0.1) is 0 Å². The molecule has 1 atom stereocenters. The Morgan fingerprint density at radius 1 is 1.07 bits per heavy atom. The number of hydrogen-bond acceptors (Lipinski definition) is 7. The first-order chi connectivity index (χ1) is 13.0. The van der Waals surface area contributed by atoms with Crippen molar-refractivity contribution in [3.05, 3.63) is 52.6 Å². The molecule has 9 heteroatoms. The summed E-state index contributed by atoms with van der Waals surface area (Å²) in [5.41, 5.74) is 0.336. The minimum absolute atomic E-state index is 0.216. The summed E-state index contributed by atoms with van der Waals surface area (Å²) >= 11 is 0.847. The van der Waals surface area contributed by atoms with Crippen LogP contribution in [0.4, 0.5) is 5.82 Å². The van der Waals surface area contributed by atoms with Crippen molar-refractivity contribution >= 4 is 40.3 Å². The summed E-state index contributed by atoms with van der Waals surface area (Å²) in [5.74, 6) is -0.598. The van der Waals surface area contributed by atoms with Crippen LogP contribution in [0.5, 0.6) is 5.75 Å². The highest BCUT2D eigenvalue weighted by Gasteiger charge is 2.60. The summed E-state index contributed by atoms with van der Waals surface area (Å²) in [7, 11) is 3.13. The molecule has 1 amide bonds. The molecule has 0 bridgehead atoms. The highest BCUT2D eigenvalue weighted by molar-refractivity contribution is 8.02. The molecule has 2 aliphatic heterocycles. The van der Waals surface area contributed by atoms with Crippen LogP contribution >= 0.6 is 11.8 Å². The van der Waals surface area contributed by atoms with Crippen LogP contribution in [-0.2, 0) is 11.8 Å². The zero-order valence-corrected chi connectivity index (χ0v) is 15.1. The number of carbonyl (C=O) groups excluding carboxylic acids is 2. The van der Waals surface area contributed by atoms with Crippen molar-refractivity contribution in [1.29, 1.82) is 0 Å². The summed E-state index contributed by atoms with van der Waals surface area (Å²) in [4.78, 5) is 47.2. The van der Waals surface area contributed by atoms with E-state index in [9.17, 15) is 14.4 Å². The van der Waals surface area contributed by atoms with E-state index in [-0.39, 0.29) is 27.6 Å². The average molecular weight is 380 g/mol. The fourth-order valence-electron chi connectivity index (χ4n) is 3.42. The van der Waals surface area contributed by atoms with Crippen molar-refractivity contribution in [2.24, 2.45) is 7.05 Å². The second-order valence-corrected chi connectivity index (χ2v) is 7.47.